The largest absolute Gasteiger partial charge is 0.207 e. The molecule has 0 bridgehead atoms. The number of allylic oxidation sites excluding steroid dienone is 1. The van der Waals surface area contributed by atoms with Gasteiger partial charge in [0.25, 0.3) is 0 Å². The van der Waals surface area contributed by atoms with Gasteiger partial charge in [-0.3, -0.25) is 0 Å². The van der Waals surface area contributed by atoms with E-state index in [1.165, 1.54) is 17.7 Å². The molecule has 0 atom stereocenters. The van der Waals surface area contributed by atoms with Crippen molar-refractivity contribution in [1.29, 1.82) is 0 Å². The molecule has 1 saturated carbocycles. The maximum atomic E-state index is 12.6. The van der Waals surface area contributed by atoms with Crippen molar-refractivity contribution >= 4 is 6.08 Å². The van der Waals surface area contributed by atoms with Crippen LogP contribution in [0.25, 0.3) is 6.08 Å². The summed E-state index contributed by atoms with van der Waals surface area (Å²) < 4.78 is 12.6. The molecule has 0 spiro atoms. The molecule has 13 heavy (non-hydrogen) atoms. The Bertz CT molecular complexity index is 300. The Labute approximate surface area is 78.1 Å². The summed E-state index contributed by atoms with van der Waals surface area (Å²) in [6.07, 6.45) is 8.74. The van der Waals surface area contributed by atoms with E-state index in [4.69, 9.17) is 0 Å². The second-order valence-electron chi connectivity index (χ2n) is 3.18. The molecule has 0 amide bonds. The number of benzene rings is 1. The van der Waals surface area contributed by atoms with Crippen LogP contribution < -0.4 is 0 Å². The highest BCUT2D eigenvalue weighted by Gasteiger charge is 2.06. The van der Waals surface area contributed by atoms with Crippen molar-refractivity contribution in [2.45, 2.75) is 12.8 Å². The minimum absolute atomic E-state index is 0.179. The molecule has 0 heterocycles. The van der Waals surface area contributed by atoms with Crippen LogP contribution in [0.2, 0.25) is 0 Å². The van der Waals surface area contributed by atoms with Crippen molar-refractivity contribution in [3.8, 4) is 0 Å². The lowest BCUT2D eigenvalue weighted by molar-refractivity contribution is 0.628. The Kier molecular flexibility index (Phi) is 2.44. The summed E-state index contributed by atoms with van der Waals surface area (Å²) in [5, 5.41) is 0. The molecule has 0 nitrogen and oxygen atoms in total. The van der Waals surface area contributed by atoms with Crippen LogP contribution in [-0.4, -0.2) is 0 Å². The van der Waals surface area contributed by atoms with Crippen LogP contribution in [0.5, 0.6) is 0 Å². The van der Waals surface area contributed by atoms with Gasteiger partial charge in [-0.15, -0.1) is 0 Å². The number of rotatable bonds is 1. The summed E-state index contributed by atoms with van der Waals surface area (Å²) in [7, 11) is 0. The molecule has 1 aromatic carbocycles. The maximum absolute atomic E-state index is 12.6. The molecule has 1 aliphatic carbocycles. The first-order valence-corrected chi connectivity index (χ1v) is 4.48. The summed E-state index contributed by atoms with van der Waals surface area (Å²) in [6, 6.07) is 6.56. The quantitative estimate of drug-likeness (QED) is 0.612. The lowest BCUT2D eigenvalue weighted by atomic mass is 10.1. The van der Waals surface area contributed by atoms with Gasteiger partial charge in [0.1, 0.15) is 5.82 Å². The van der Waals surface area contributed by atoms with Crippen LogP contribution >= 0.6 is 0 Å². The molecule has 1 aromatic rings. The van der Waals surface area contributed by atoms with E-state index in [0.29, 0.717) is 0 Å². The van der Waals surface area contributed by atoms with Crippen LogP contribution in [0.15, 0.2) is 29.8 Å². The summed E-state index contributed by atoms with van der Waals surface area (Å²) in [4.78, 5) is 0. The van der Waals surface area contributed by atoms with Crippen molar-refractivity contribution in [3.63, 3.8) is 0 Å². The van der Waals surface area contributed by atoms with E-state index in [-0.39, 0.29) is 5.82 Å². The van der Waals surface area contributed by atoms with Gasteiger partial charge in [-0.05, 0) is 43.4 Å². The van der Waals surface area contributed by atoms with Gasteiger partial charge in [0.15, 0.2) is 0 Å². The third-order valence-corrected chi connectivity index (χ3v) is 2.13. The molecule has 0 aliphatic heterocycles. The van der Waals surface area contributed by atoms with E-state index in [2.05, 4.69) is 18.9 Å². The summed E-state index contributed by atoms with van der Waals surface area (Å²) >= 11 is 0. The first-order chi connectivity index (χ1) is 6.34. The highest BCUT2D eigenvalue weighted by molar-refractivity contribution is 5.58. The molecule has 0 aromatic heterocycles. The highest BCUT2D eigenvalue weighted by atomic mass is 19.1. The fraction of sp³-hybridized carbons (Fsp3) is 0.167. The molecule has 0 unspecified atom stereocenters. The summed E-state index contributed by atoms with van der Waals surface area (Å²) in [5.74, 6) is -0.179. The lowest BCUT2D eigenvalue weighted by Crippen LogP contribution is -1.78. The van der Waals surface area contributed by atoms with Crippen molar-refractivity contribution in [2.24, 2.45) is 0 Å². The minimum Gasteiger partial charge on any atom is -0.207 e. The average Bonchev–Trinajstić information content (AvgIpc) is 2.62. The van der Waals surface area contributed by atoms with E-state index in [1.54, 1.807) is 12.1 Å². The monoisotopic (exact) mass is 174 g/mol. The van der Waals surface area contributed by atoms with Gasteiger partial charge in [0, 0.05) is 0 Å². The van der Waals surface area contributed by atoms with E-state index in [1.807, 2.05) is 0 Å². The maximum Gasteiger partial charge on any atom is 0.123 e. The van der Waals surface area contributed by atoms with E-state index in [9.17, 15) is 4.39 Å². The predicted molar refractivity (Wildman–Crippen MR) is 52.2 cm³/mol. The molecule has 1 fully saturated rings. The molecule has 1 heteroatoms. The summed E-state index contributed by atoms with van der Waals surface area (Å²) in [5.41, 5.74) is 2.32. The van der Waals surface area contributed by atoms with Crippen LogP contribution in [0.3, 0.4) is 0 Å². The van der Waals surface area contributed by atoms with E-state index >= 15 is 0 Å². The molecule has 66 valence electrons. The number of hydrogen-bond acceptors (Lipinski definition) is 0. The van der Waals surface area contributed by atoms with Crippen LogP contribution in [0, 0.1) is 18.7 Å². The van der Waals surface area contributed by atoms with Gasteiger partial charge < -0.3 is 0 Å². The second kappa shape index (κ2) is 3.73. The fourth-order valence-electron chi connectivity index (χ4n) is 1.45. The fourth-order valence-corrected chi connectivity index (χ4v) is 1.45. The van der Waals surface area contributed by atoms with Gasteiger partial charge in [-0.25, -0.2) is 4.39 Å². The van der Waals surface area contributed by atoms with Gasteiger partial charge in [0.2, 0.25) is 0 Å². The smallest absolute Gasteiger partial charge is 0.123 e. The van der Waals surface area contributed by atoms with Crippen molar-refractivity contribution in [2.75, 3.05) is 0 Å². The third kappa shape index (κ3) is 2.18. The Morgan fingerprint density at radius 1 is 1.00 bits per heavy atom. The Hall–Kier alpha value is -1.11. The number of hydrogen-bond donors (Lipinski definition) is 0. The van der Waals surface area contributed by atoms with Crippen LogP contribution in [-0.2, 0) is 0 Å². The highest BCUT2D eigenvalue weighted by Crippen LogP contribution is 2.23. The SMILES string of the molecule is Fc1ccc(C=C2[CH]CC[CH]2)cc1. The zero-order chi connectivity index (χ0) is 9.10. The summed E-state index contributed by atoms with van der Waals surface area (Å²) in [6.45, 7) is 0. The first kappa shape index (κ1) is 8.49. The Morgan fingerprint density at radius 3 is 2.23 bits per heavy atom. The molecule has 2 radical (unpaired) electrons. The van der Waals surface area contributed by atoms with Crippen molar-refractivity contribution < 1.29 is 4.39 Å². The van der Waals surface area contributed by atoms with E-state index in [0.717, 1.165) is 18.4 Å². The van der Waals surface area contributed by atoms with Gasteiger partial charge in [-0.2, -0.15) is 0 Å². The third-order valence-electron chi connectivity index (χ3n) is 2.13. The molecule has 0 saturated heterocycles. The van der Waals surface area contributed by atoms with Crippen molar-refractivity contribution in [3.05, 3.63) is 54.1 Å². The average molecular weight is 174 g/mol. The minimum atomic E-state index is -0.179. The standard InChI is InChI=1S/C12H11F/c13-12-7-5-11(6-8-12)9-10-3-1-2-4-10/h3-9H,1-2H2. The van der Waals surface area contributed by atoms with Crippen molar-refractivity contribution in [1.82, 2.24) is 0 Å². The first-order valence-electron chi connectivity index (χ1n) is 4.48. The molecule has 0 N–H and O–H groups in total. The normalized spacial score (nSPS) is 16.2. The van der Waals surface area contributed by atoms with Gasteiger partial charge in [0.05, 0.1) is 0 Å². The van der Waals surface area contributed by atoms with Gasteiger partial charge in [-0.1, -0.05) is 23.8 Å². The zero-order valence-electron chi connectivity index (χ0n) is 7.33. The topological polar surface area (TPSA) is 0 Å². The molecular weight excluding hydrogens is 163 g/mol. The number of halogens is 1. The molecular formula is C12H11F. The lowest BCUT2D eigenvalue weighted by Gasteiger charge is -1.96. The zero-order valence-corrected chi connectivity index (χ0v) is 7.33. The van der Waals surface area contributed by atoms with Gasteiger partial charge >= 0.3 is 0 Å². The Morgan fingerprint density at radius 2 is 1.62 bits per heavy atom. The Balaban J connectivity index is 2.17. The van der Waals surface area contributed by atoms with Crippen LogP contribution in [0.4, 0.5) is 4.39 Å². The molecule has 2 rings (SSSR count). The molecule has 1 aliphatic rings. The van der Waals surface area contributed by atoms with E-state index < -0.39 is 0 Å². The van der Waals surface area contributed by atoms with Crippen LogP contribution in [0.1, 0.15) is 18.4 Å². The second-order valence-corrected chi connectivity index (χ2v) is 3.18. The predicted octanol–water partition coefficient (Wildman–Crippen LogP) is 3.41.